The molecule has 2 rings (SSSR count). The molecule has 0 aliphatic heterocycles. The molecule has 0 aromatic carbocycles. The Morgan fingerprint density at radius 1 is 1.00 bits per heavy atom. The smallest absolute Gasteiger partial charge is 0.0126 e. The molecule has 1 unspecified atom stereocenters. The summed E-state index contributed by atoms with van der Waals surface area (Å²) in [6.07, 6.45) is 8.61. The summed E-state index contributed by atoms with van der Waals surface area (Å²) in [5.41, 5.74) is 0. The zero-order valence-corrected chi connectivity index (χ0v) is 10.6. The Labute approximate surface area is 95.0 Å². The summed E-state index contributed by atoms with van der Waals surface area (Å²) in [7, 11) is 0. The third-order valence-electron chi connectivity index (χ3n) is 4.47. The van der Waals surface area contributed by atoms with Gasteiger partial charge < -0.3 is 5.32 Å². The predicted octanol–water partition coefficient (Wildman–Crippen LogP) is 3.59. The SMILES string of the molecule is CCC(CC)C(C)NC(C1CC1)C1CC1. The van der Waals surface area contributed by atoms with Gasteiger partial charge in [0.2, 0.25) is 0 Å². The highest BCUT2D eigenvalue weighted by Gasteiger charge is 2.42. The third-order valence-corrected chi connectivity index (χ3v) is 4.47. The molecule has 0 bridgehead atoms. The van der Waals surface area contributed by atoms with Gasteiger partial charge in [0.15, 0.2) is 0 Å². The van der Waals surface area contributed by atoms with Crippen molar-refractivity contribution < 1.29 is 0 Å². The lowest BCUT2D eigenvalue weighted by Gasteiger charge is -2.28. The second kappa shape index (κ2) is 4.86. The fraction of sp³-hybridized carbons (Fsp3) is 1.00. The molecule has 0 aromatic rings. The van der Waals surface area contributed by atoms with E-state index in [1.54, 1.807) is 0 Å². The van der Waals surface area contributed by atoms with Gasteiger partial charge in [0, 0.05) is 12.1 Å². The van der Waals surface area contributed by atoms with Gasteiger partial charge >= 0.3 is 0 Å². The summed E-state index contributed by atoms with van der Waals surface area (Å²) in [5.74, 6) is 2.95. The van der Waals surface area contributed by atoms with Crippen LogP contribution in [0.4, 0.5) is 0 Å². The highest BCUT2D eigenvalue weighted by atomic mass is 15.0. The molecular formula is C14H27N. The highest BCUT2D eigenvalue weighted by Crippen LogP contribution is 2.44. The normalized spacial score (nSPS) is 23.8. The van der Waals surface area contributed by atoms with E-state index in [1.807, 2.05) is 0 Å². The van der Waals surface area contributed by atoms with Crippen LogP contribution in [0.15, 0.2) is 0 Å². The molecular weight excluding hydrogens is 182 g/mol. The van der Waals surface area contributed by atoms with Gasteiger partial charge in [0.05, 0.1) is 0 Å². The van der Waals surface area contributed by atoms with Gasteiger partial charge in [-0.1, -0.05) is 26.7 Å². The minimum absolute atomic E-state index is 0.728. The quantitative estimate of drug-likeness (QED) is 0.675. The van der Waals surface area contributed by atoms with Crippen LogP contribution in [-0.2, 0) is 0 Å². The van der Waals surface area contributed by atoms with Gasteiger partial charge in [-0.2, -0.15) is 0 Å². The van der Waals surface area contributed by atoms with E-state index in [-0.39, 0.29) is 0 Å². The standard InChI is InChI=1S/C14H27N/c1-4-11(5-2)10(3)15-14(12-6-7-12)13-8-9-13/h10-15H,4-9H2,1-3H3. The van der Waals surface area contributed by atoms with Crippen LogP contribution in [0, 0.1) is 17.8 Å². The van der Waals surface area contributed by atoms with E-state index in [1.165, 1.54) is 38.5 Å². The van der Waals surface area contributed by atoms with Crippen LogP contribution in [0.1, 0.15) is 59.3 Å². The number of hydrogen-bond acceptors (Lipinski definition) is 1. The van der Waals surface area contributed by atoms with E-state index in [0.717, 1.165) is 29.8 Å². The molecule has 0 saturated heterocycles. The van der Waals surface area contributed by atoms with E-state index in [0.29, 0.717) is 0 Å². The van der Waals surface area contributed by atoms with Crippen molar-refractivity contribution in [2.24, 2.45) is 17.8 Å². The van der Waals surface area contributed by atoms with Crippen LogP contribution in [0.5, 0.6) is 0 Å². The molecule has 1 heteroatoms. The molecule has 0 spiro atoms. The average Bonchev–Trinajstić information content (AvgIpc) is 3.08. The fourth-order valence-corrected chi connectivity index (χ4v) is 3.00. The second-order valence-electron chi connectivity index (χ2n) is 5.73. The average molecular weight is 209 g/mol. The van der Waals surface area contributed by atoms with Crippen LogP contribution in [0.3, 0.4) is 0 Å². The molecule has 2 saturated carbocycles. The molecule has 2 aliphatic rings. The maximum Gasteiger partial charge on any atom is 0.0126 e. The number of nitrogens with one attached hydrogen (secondary N) is 1. The van der Waals surface area contributed by atoms with Crippen molar-refractivity contribution in [2.75, 3.05) is 0 Å². The van der Waals surface area contributed by atoms with Gasteiger partial charge in [-0.15, -0.1) is 0 Å². The Morgan fingerprint density at radius 2 is 1.47 bits per heavy atom. The van der Waals surface area contributed by atoms with Crippen molar-refractivity contribution in [3.63, 3.8) is 0 Å². The third kappa shape index (κ3) is 2.96. The van der Waals surface area contributed by atoms with E-state index in [2.05, 4.69) is 26.1 Å². The largest absolute Gasteiger partial charge is 0.311 e. The fourth-order valence-electron chi connectivity index (χ4n) is 3.00. The summed E-state index contributed by atoms with van der Waals surface area (Å²) in [4.78, 5) is 0. The first-order chi connectivity index (χ1) is 7.26. The molecule has 1 nitrogen and oxygen atoms in total. The molecule has 0 radical (unpaired) electrons. The van der Waals surface area contributed by atoms with Crippen molar-refractivity contribution in [3.8, 4) is 0 Å². The van der Waals surface area contributed by atoms with Crippen molar-refractivity contribution in [1.29, 1.82) is 0 Å². The lowest BCUT2D eigenvalue weighted by Crippen LogP contribution is -2.43. The van der Waals surface area contributed by atoms with Crippen LogP contribution in [0.25, 0.3) is 0 Å². The lowest BCUT2D eigenvalue weighted by molar-refractivity contribution is 0.290. The molecule has 88 valence electrons. The topological polar surface area (TPSA) is 12.0 Å². The molecule has 15 heavy (non-hydrogen) atoms. The lowest BCUT2D eigenvalue weighted by atomic mass is 9.93. The van der Waals surface area contributed by atoms with Gasteiger partial charge in [0.25, 0.3) is 0 Å². The molecule has 2 aliphatic carbocycles. The zero-order chi connectivity index (χ0) is 10.8. The number of rotatable bonds is 7. The Balaban J connectivity index is 1.81. The van der Waals surface area contributed by atoms with Crippen LogP contribution in [-0.4, -0.2) is 12.1 Å². The minimum atomic E-state index is 0.728. The van der Waals surface area contributed by atoms with Gasteiger partial charge in [-0.05, 0) is 50.4 Å². The number of hydrogen-bond donors (Lipinski definition) is 1. The van der Waals surface area contributed by atoms with E-state index >= 15 is 0 Å². The van der Waals surface area contributed by atoms with Crippen LogP contribution >= 0.6 is 0 Å². The molecule has 1 atom stereocenters. The van der Waals surface area contributed by atoms with E-state index in [9.17, 15) is 0 Å². The van der Waals surface area contributed by atoms with Crippen molar-refractivity contribution in [1.82, 2.24) is 5.32 Å². The molecule has 0 aromatic heterocycles. The first-order valence-electron chi connectivity index (χ1n) is 7.02. The van der Waals surface area contributed by atoms with Crippen LogP contribution in [0.2, 0.25) is 0 Å². The maximum atomic E-state index is 3.94. The zero-order valence-electron chi connectivity index (χ0n) is 10.6. The molecule has 2 fully saturated rings. The first-order valence-corrected chi connectivity index (χ1v) is 7.02. The first kappa shape index (κ1) is 11.4. The van der Waals surface area contributed by atoms with Crippen molar-refractivity contribution >= 4 is 0 Å². The summed E-state index contributed by atoms with van der Waals surface area (Å²) < 4.78 is 0. The van der Waals surface area contributed by atoms with Gasteiger partial charge in [0.1, 0.15) is 0 Å². The van der Waals surface area contributed by atoms with Gasteiger partial charge in [-0.3, -0.25) is 0 Å². The van der Waals surface area contributed by atoms with Crippen LogP contribution < -0.4 is 5.32 Å². The Morgan fingerprint density at radius 3 is 1.80 bits per heavy atom. The highest BCUT2D eigenvalue weighted by molar-refractivity contribution is 4.97. The van der Waals surface area contributed by atoms with E-state index in [4.69, 9.17) is 0 Å². The Kier molecular flexibility index (Phi) is 3.71. The Hall–Kier alpha value is -0.0400. The van der Waals surface area contributed by atoms with Crippen molar-refractivity contribution in [3.05, 3.63) is 0 Å². The minimum Gasteiger partial charge on any atom is -0.311 e. The van der Waals surface area contributed by atoms with Gasteiger partial charge in [-0.25, -0.2) is 0 Å². The van der Waals surface area contributed by atoms with E-state index < -0.39 is 0 Å². The molecule has 0 heterocycles. The summed E-state index contributed by atoms with van der Waals surface area (Å²) in [6, 6.07) is 1.60. The summed E-state index contributed by atoms with van der Waals surface area (Å²) >= 11 is 0. The molecule has 1 N–H and O–H groups in total. The summed E-state index contributed by atoms with van der Waals surface area (Å²) in [5, 5.41) is 3.94. The monoisotopic (exact) mass is 209 g/mol. The summed E-state index contributed by atoms with van der Waals surface area (Å²) in [6.45, 7) is 7.06. The molecule has 0 amide bonds. The predicted molar refractivity (Wildman–Crippen MR) is 65.9 cm³/mol. The maximum absolute atomic E-state index is 3.94. The Bertz CT molecular complexity index is 178. The second-order valence-corrected chi connectivity index (χ2v) is 5.73. The van der Waals surface area contributed by atoms with Crippen molar-refractivity contribution in [2.45, 2.75) is 71.4 Å².